The van der Waals surface area contributed by atoms with E-state index in [-0.39, 0.29) is 6.04 Å². The van der Waals surface area contributed by atoms with Crippen LogP contribution in [0.25, 0.3) is 0 Å². The van der Waals surface area contributed by atoms with Gasteiger partial charge in [-0.25, -0.2) is 0 Å². The van der Waals surface area contributed by atoms with E-state index in [0.29, 0.717) is 0 Å². The van der Waals surface area contributed by atoms with Gasteiger partial charge in [0.15, 0.2) is 0 Å². The van der Waals surface area contributed by atoms with Crippen molar-refractivity contribution in [2.75, 3.05) is 6.54 Å². The maximum absolute atomic E-state index is 6.36. The fourth-order valence-electron chi connectivity index (χ4n) is 2.23. The first-order valence-corrected chi connectivity index (χ1v) is 8.97. The molecule has 0 aliphatic carbocycles. The third kappa shape index (κ3) is 4.70. The smallest absolute Gasteiger partial charge is 0.0454 e. The minimum Gasteiger partial charge on any atom is -0.310 e. The average Bonchev–Trinajstić information content (AvgIpc) is 2.44. The van der Waals surface area contributed by atoms with Gasteiger partial charge in [-0.15, -0.1) is 0 Å². The summed E-state index contributed by atoms with van der Waals surface area (Å²) in [6.07, 6.45) is 0.788. The first kappa shape index (κ1) is 17.3. The number of hydrogen-bond donors (Lipinski definition) is 1. The van der Waals surface area contributed by atoms with E-state index in [2.05, 4.69) is 50.2 Å². The molecule has 0 amide bonds. The summed E-state index contributed by atoms with van der Waals surface area (Å²) in [5, 5.41) is 5.01. The van der Waals surface area contributed by atoms with Crippen LogP contribution in [-0.4, -0.2) is 6.54 Å². The zero-order valence-electron chi connectivity index (χ0n) is 11.5. The predicted octanol–water partition coefficient (Wildman–Crippen LogP) is 6.41. The highest BCUT2D eigenvalue weighted by Crippen LogP contribution is 2.31. The monoisotopic (exact) mass is 449 g/mol. The Hall–Kier alpha value is -0.0600. The standard InChI is InChI=1S/C16H15Br2Cl2N/c1-2-21-16(13-8-11(17)5-6-14(13)19)7-10-3-4-12(18)9-15(10)20/h3-6,8-9,16,21H,2,7H2,1H3. The van der Waals surface area contributed by atoms with E-state index < -0.39 is 0 Å². The third-order valence-electron chi connectivity index (χ3n) is 3.22. The van der Waals surface area contributed by atoms with Crippen molar-refractivity contribution in [3.63, 3.8) is 0 Å². The first-order chi connectivity index (χ1) is 10.0. The number of benzene rings is 2. The van der Waals surface area contributed by atoms with Crippen molar-refractivity contribution >= 4 is 55.1 Å². The molecule has 1 unspecified atom stereocenters. The molecular formula is C16H15Br2Cl2N. The molecule has 2 aromatic carbocycles. The molecular weight excluding hydrogens is 437 g/mol. The summed E-state index contributed by atoms with van der Waals surface area (Å²) in [6.45, 7) is 2.95. The van der Waals surface area contributed by atoms with Gasteiger partial charge in [0.25, 0.3) is 0 Å². The van der Waals surface area contributed by atoms with Gasteiger partial charge in [-0.2, -0.15) is 0 Å². The van der Waals surface area contributed by atoms with Crippen molar-refractivity contribution in [2.45, 2.75) is 19.4 Å². The van der Waals surface area contributed by atoms with Crippen LogP contribution in [0.5, 0.6) is 0 Å². The largest absolute Gasteiger partial charge is 0.310 e. The third-order valence-corrected chi connectivity index (χ3v) is 4.91. The second-order valence-corrected chi connectivity index (χ2v) is 7.36. The predicted molar refractivity (Wildman–Crippen MR) is 98.4 cm³/mol. The summed E-state index contributed by atoms with van der Waals surface area (Å²) in [5.74, 6) is 0. The molecule has 0 heterocycles. The molecule has 1 N–H and O–H groups in total. The Morgan fingerprint density at radius 1 is 1.00 bits per heavy atom. The van der Waals surface area contributed by atoms with Crippen LogP contribution < -0.4 is 5.32 Å². The van der Waals surface area contributed by atoms with Crippen molar-refractivity contribution in [1.29, 1.82) is 0 Å². The van der Waals surface area contributed by atoms with Crippen molar-refractivity contribution in [2.24, 2.45) is 0 Å². The van der Waals surface area contributed by atoms with E-state index in [1.165, 1.54) is 0 Å². The Balaban J connectivity index is 2.32. The minimum absolute atomic E-state index is 0.124. The van der Waals surface area contributed by atoms with E-state index in [1.54, 1.807) is 0 Å². The Labute approximate surface area is 152 Å². The lowest BCUT2D eigenvalue weighted by Gasteiger charge is -2.21. The molecule has 112 valence electrons. The molecule has 0 saturated carbocycles. The number of nitrogens with one attached hydrogen (secondary N) is 1. The number of likely N-dealkylation sites (N-methyl/N-ethyl adjacent to an activating group) is 1. The summed E-state index contributed by atoms with van der Waals surface area (Å²) < 4.78 is 2.00. The molecule has 2 aromatic rings. The van der Waals surface area contributed by atoms with Gasteiger partial charge in [0.2, 0.25) is 0 Å². The van der Waals surface area contributed by atoms with Crippen LogP contribution in [0.4, 0.5) is 0 Å². The molecule has 0 aliphatic heterocycles. The van der Waals surface area contributed by atoms with Gasteiger partial charge < -0.3 is 5.32 Å². The van der Waals surface area contributed by atoms with Gasteiger partial charge in [0.1, 0.15) is 0 Å². The molecule has 0 saturated heterocycles. The summed E-state index contributed by atoms with van der Waals surface area (Å²) in [6, 6.07) is 12.0. The number of rotatable bonds is 5. The van der Waals surface area contributed by atoms with E-state index in [4.69, 9.17) is 23.2 Å². The van der Waals surface area contributed by atoms with Crippen LogP contribution in [0.2, 0.25) is 10.0 Å². The molecule has 0 fully saturated rings. The minimum atomic E-state index is 0.124. The van der Waals surface area contributed by atoms with Crippen LogP contribution in [0.3, 0.4) is 0 Å². The van der Waals surface area contributed by atoms with Gasteiger partial charge in [-0.1, -0.05) is 68.1 Å². The summed E-state index contributed by atoms with van der Waals surface area (Å²) in [4.78, 5) is 0. The maximum atomic E-state index is 6.36. The van der Waals surface area contributed by atoms with Crippen LogP contribution in [0.1, 0.15) is 24.1 Å². The first-order valence-electron chi connectivity index (χ1n) is 6.63. The maximum Gasteiger partial charge on any atom is 0.0454 e. The van der Waals surface area contributed by atoms with Crippen molar-refractivity contribution in [1.82, 2.24) is 5.32 Å². The topological polar surface area (TPSA) is 12.0 Å². The quantitative estimate of drug-likeness (QED) is 0.553. The zero-order chi connectivity index (χ0) is 15.4. The second kappa shape index (κ2) is 7.98. The van der Waals surface area contributed by atoms with E-state index in [1.807, 2.05) is 30.3 Å². The Morgan fingerprint density at radius 3 is 2.33 bits per heavy atom. The highest BCUT2D eigenvalue weighted by molar-refractivity contribution is 9.10. The Bertz CT molecular complexity index is 632. The molecule has 0 aromatic heterocycles. The number of hydrogen-bond acceptors (Lipinski definition) is 1. The molecule has 1 nitrogen and oxygen atoms in total. The number of halogens is 4. The fraction of sp³-hybridized carbons (Fsp3) is 0.250. The highest BCUT2D eigenvalue weighted by Gasteiger charge is 2.16. The van der Waals surface area contributed by atoms with Gasteiger partial charge in [-0.3, -0.25) is 0 Å². The van der Waals surface area contributed by atoms with Gasteiger partial charge in [0, 0.05) is 25.0 Å². The summed E-state index contributed by atoms with van der Waals surface area (Å²) in [5.41, 5.74) is 2.17. The molecule has 21 heavy (non-hydrogen) atoms. The zero-order valence-corrected chi connectivity index (χ0v) is 16.2. The molecule has 0 radical (unpaired) electrons. The van der Waals surface area contributed by atoms with Gasteiger partial charge in [-0.05, 0) is 54.4 Å². The highest BCUT2D eigenvalue weighted by atomic mass is 79.9. The van der Waals surface area contributed by atoms with Crippen molar-refractivity contribution < 1.29 is 0 Å². The fourth-order valence-corrected chi connectivity index (χ4v) is 3.61. The van der Waals surface area contributed by atoms with Crippen molar-refractivity contribution in [3.8, 4) is 0 Å². The van der Waals surface area contributed by atoms with Crippen LogP contribution in [0.15, 0.2) is 45.3 Å². The lowest BCUT2D eigenvalue weighted by atomic mass is 9.98. The van der Waals surface area contributed by atoms with Gasteiger partial charge >= 0.3 is 0 Å². The van der Waals surface area contributed by atoms with Crippen LogP contribution >= 0.6 is 55.1 Å². The Kier molecular flexibility index (Phi) is 6.57. The molecule has 5 heteroatoms. The van der Waals surface area contributed by atoms with E-state index >= 15 is 0 Å². The second-order valence-electron chi connectivity index (χ2n) is 4.72. The lowest BCUT2D eigenvalue weighted by Crippen LogP contribution is -2.23. The van der Waals surface area contributed by atoms with Crippen molar-refractivity contribution in [3.05, 3.63) is 66.5 Å². The molecule has 0 aliphatic rings. The molecule has 0 spiro atoms. The lowest BCUT2D eigenvalue weighted by molar-refractivity contribution is 0.550. The molecule has 1 atom stereocenters. The summed E-state index contributed by atoms with van der Waals surface area (Å²) in [7, 11) is 0. The van der Waals surface area contributed by atoms with E-state index in [9.17, 15) is 0 Å². The average molecular weight is 452 g/mol. The Morgan fingerprint density at radius 2 is 1.67 bits per heavy atom. The van der Waals surface area contributed by atoms with Gasteiger partial charge in [0.05, 0.1) is 0 Å². The van der Waals surface area contributed by atoms with E-state index in [0.717, 1.165) is 43.1 Å². The van der Waals surface area contributed by atoms with Crippen LogP contribution in [0, 0.1) is 0 Å². The SMILES string of the molecule is CCNC(Cc1ccc(Br)cc1Cl)c1cc(Br)ccc1Cl. The molecule has 0 bridgehead atoms. The summed E-state index contributed by atoms with van der Waals surface area (Å²) >= 11 is 19.6. The normalized spacial score (nSPS) is 12.4. The van der Waals surface area contributed by atoms with Crippen LogP contribution in [-0.2, 0) is 6.42 Å². The molecule has 2 rings (SSSR count).